The van der Waals surface area contributed by atoms with Crippen molar-refractivity contribution in [2.75, 3.05) is 19.0 Å². The summed E-state index contributed by atoms with van der Waals surface area (Å²) in [4.78, 5) is 12.2. The Balaban J connectivity index is 2.04. The van der Waals surface area contributed by atoms with Gasteiger partial charge in [0, 0.05) is 23.4 Å². The molecule has 1 unspecified atom stereocenters. The Bertz CT molecular complexity index is 647. The van der Waals surface area contributed by atoms with Crippen molar-refractivity contribution in [1.82, 2.24) is 5.32 Å². The largest absolute Gasteiger partial charge is 0.394 e. The average Bonchev–Trinajstić information content (AvgIpc) is 2.55. The zero-order valence-electron chi connectivity index (χ0n) is 12.8. The highest BCUT2D eigenvalue weighted by Gasteiger charge is 2.14. The van der Waals surface area contributed by atoms with Gasteiger partial charge in [0.1, 0.15) is 0 Å². The summed E-state index contributed by atoms with van der Waals surface area (Å²) in [5.74, 6) is 0. The topological polar surface area (TPSA) is 70.6 Å². The van der Waals surface area contributed by atoms with Crippen molar-refractivity contribution in [1.29, 1.82) is 0 Å². The number of aliphatic hydroxyl groups is 1. The molecule has 0 aliphatic carbocycles. The van der Waals surface area contributed by atoms with Gasteiger partial charge in [-0.25, -0.2) is 4.79 Å². The van der Waals surface area contributed by atoms with Crippen LogP contribution < -0.4 is 10.6 Å². The number of halogens is 1. The number of para-hydroxylation sites is 1. The second kappa shape index (κ2) is 8.53. The molecule has 2 amide bonds. The van der Waals surface area contributed by atoms with Crippen LogP contribution in [0.15, 0.2) is 48.5 Å². The number of hydrogen-bond acceptors (Lipinski definition) is 3. The molecule has 0 aliphatic heterocycles. The minimum absolute atomic E-state index is 0.214. The molecule has 0 aliphatic rings. The molecule has 3 N–H and O–H groups in total. The smallest absolute Gasteiger partial charge is 0.319 e. The Labute approximate surface area is 140 Å². The Kier molecular flexibility index (Phi) is 6.40. The SMILES string of the molecule is COCc1ccccc1NC(=O)NC(CO)c1ccc(Cl)cc1. The maximum atomic E-state index is 12.2. The van der Waals surface area contributed by atoms with Crippen molar-refractivity contribution in [3.05, 3.63) is 64.7 Å². The molecule has 2 aromatic rings. The number of carbonyl (C=O) groups is 1. The highest BCUT2D eigenvalue weighted by molar-refractivity contribution is 6.30. The van der Waals surface area contributed by atoms with Crippen LogP contribution in [-0.4, -0.2) is 24.9 Å². The molecular formula is C17H19ClN2O3. The number of amides is 2. The highest BCUT2D eigenvalue weighted by atomic mass is 35.5. The lowest BCUT2D eigenvalue weighted by Crippen LogP contribution is -2.34. The van der Waals surface area contributed by atoms with E-state index in [0.29, 0.717) is 17.3 Å². The van der Waals surface area contributed by atoms with Gasteiger partial charge in [-0.3, -0.25) is 0 Å². The number of urea groups is 1. The highest BCUT2D eigenvalue weighted by Crippen LogP contribution is 2.18. The first-order valence-corrected chi connectivity index (χ1v) is 7.52. The number of rotatable bonds is 6. The van der Waals surface area contributed by atoms with Gasteiger partial charge in [-0.15, -0.1) is 0 Å². The molecule has 0 spiro atoms. The van der Waals surface area contributed by atoms with E-state index in [0.717, 1.165) is 11.1 Å². The zero-order valence-corrected chi connectivity index (χ0v) is 13.5. The zero-order chi connectivity index (χ0) is 16.7. The molecule has 0 fully saturated rings. The minimum Gasteiger partial charge on any atom is -0.394 e. The maximum Gasteiger partial charge on any atom is 0.319 e. The van der Waals surface area contributed by atoms with E-state index in [1.807, 2.05) is 18.2 Å². The summed E-state index contributed by atoms with van der Waals surface area (Å²) in [5, 5.41) is 15.6. The summed E-state index contributed by atoms with van der Waals surface area (Å²) in [6.07, 6.45) is 0. The normalized spacial score (nSPS) is 11.8. The summed E-state index contributed by atoms with van der Waals surface area (Å²) in [6, 6.07) is 13.4. The van der Waals surface area contributed by atoms with Crippen molar-refractivity contribution < 1.29 is 14.6 Å². The minimum atomic E-state index is -0.512. The van der Waals surface area contributed by atoms with Crippen LogP contribution in [0.1, 0.15) is 17.2 Å². The third-order valence-corrected chi connectivity index (χ3v) is 3.58. The van der Waals surface area contributed by atoms with Crippen molar-refractivity contribution >= 4 is 23.3 Å². The molecule has 2 aromatic carbocycles. The van der Waals surface area contributed by atoms with Crippen LogP contribution in [0.3, 0.4) is 0 Å². The second-order valence-electron chi connectivity index (χ2n) is 4.98. The maximum absolute atomic E-state index is 12.2. The molecule has 0 radical (unpaired) electrons. The number of carbonyl (C=O) groups excluding carboxylic acids is 1. The molecule has 6 heteroatoms. The first-order chi connectivity index (χ1) is 11.1. The van der Waals surface area contributed by atoms with E-state index < -0.39 is 12.1 Å². The van der Waals surface area contributed by atoms with Gasteiger partial charge in [-0.05, 0) is 23.8 Å². The fourth-order valence-electron chi connectivity index (χ4n) is 2.17. The second-order valence-corrected chi connectivity index (χ2v) is 5.41. The molecule has 0 aromatic heterocycles. The van der Waals surface area contributed by atoms with E-state index in [9.17, 15) is 9.90 Å². The fraction of sp³-hybridized carbons (Fsp3) is 0.235. The first kappa shape index (κ1) is 17.3. The molecule has 0 bridgehead atoms. The third-order valence-electron chi connectivity index (χ3n) is 3.33. The van der Waals surface area contributed by atoms with E-state index in [1.165, 1.54) is 0 Å². The predicted octanol–water partition coefficient (Wildman–Crippen LogP) is 3.34. The summed E-state index contributed by atoms with van der Waals surface area (Å²) in [5.41, 5.74) is 2.31. The lowest BCUT2D eigenvalue weighted by Gasteiger charge is -2.18. The Hall–Kier alpha value is -2.08. The van der Waals surface area contributed by atoms with Gasteiger partial charge >= 0.3 is 6.03 Å². The predicted molar refractivity (Wildman–Crippen MR) is 90.6 cm³/mol. The Morgan fingerprint density at radius 3 is 2.57 bits per heavy atom. The van der Waals surface area contributed by atoms with Crippen LogP contribution in [0.2, 0.25) is 5.02 Å². The molecule has 0 saturated carbocycles. The van der Waals surface area contributed by atoms with Crippen LogP contribution in [0.25, 0.3) is 0 Å². The summed E-state index contributed by atoms with van der Waals surface area (Å²) in [7, 11) is 1.60. The molecule has 23 heavy (non-hydrogen) atoms. The molecule has 5 nitrogen and oxygen atoms in total. The number of ether oxygens (including phenoxy) is 1. The quantitative estimate of drug-likeness (QED) is 0.758. The molecule has 0 saturated heterocycles. The summed E-state index contributed by atoms with van der Waals surface area (Å²) < 4.78 is 5.11. The first-order valence-electron chi connectivity index (χ1n) is 7.14. The van der Waals surface area contributed by atoms with Crippen LogP contribution >= 0.6 is 11.6 Å². The van der Waals surface area contributed by atoms with E-state index in [2.05, 4.69) is 10.6 Å². The van der Waals surface area contributed by atoms with Crippen LogP contribution in [-0.2, 0) is 11.3 Å². The van der Waals surface area contributed by atoms with E-state index in [-0.39, 0.29) is 6.61 Å². The van der Waals surface area contributed by atoms with Gasteiger partial charge in [-0.1, -0.05) is 41.9 Å². The monoisotopic (exact) mass is 334 g/mol. The Morgan fingerprint density at radius 2 is 1.91 bits per heavy atom. The standard InChI is InChI=1S/C17H19ClN2O3/c1-23-11-13-4-2-3-5-15(13)19-17(22)20-16(10-21)12-6-8-14(18)9-7-12/h2-9,16,21H,10-11H2,1H3,(H2,19,20,22). The van der Waals surface area contributed by atoms with Gasteiger partial charge in [0.05, 0.1) is 19.3 Å². The van der Waals surface area contributed by atoms with E-state index in [4.69, 9.17) is 16.3 Å². The summed E-state index contributed by atoms with van der Waals surface area (Å²) >= 11 is 5.85. The van der Waals surface area contributed by atoms with Gasteiger partial charge in [0.2, 0.25) is 0 Å². The lowest BCUT2D eigenvalue weighted by molar-refractivity contribution is 0.185. The van der Waals surface area contributed by atoms with Gasteiger partial charge in [0.15, 0.2) is 0 Å². The molecule has 122 valence electrons. The van der Waals surface area contributed by atoms with Crippen molar-refractivity contribution in [3.8, 4) is 0 Å². The van der Waals surface area contributed by atoms with Crippen LogP contribution in [0.5, 0.6) is 0 Å². The molecular weight excluding hydrogens is 316 g/mol. The van der Waals surface area contributed by atoms with E-state index in [1.54, 1.807) is 37.4 Å². The number of aliphatic hydroxyl groups excluding tert-OH is 1. The van der Waals surface area contributed by atoms with Gasteiger partial charge in [0.25, 0.3) is 0 Å². The fourth-order valence-corrected chi connectivity index (χ4v) is 2.30. The number of hydrogen-bond donors (Lipinski definition) is 3. The molecule has 1 atom stereocenters. The summed E-state index contributed by atoms with van der Waals surface area (Å²) in [6.45, 7) is 0.186. The van der Waals surface area contributed by atoms with Crippen molar-refractivity contribution in [2.24, 2.45) is 0 Å². The molecule has 0 heterocycles. The number of nitrogens with one attached hydrogen (secondary N) is 2. The number of anilines is 1. The van der Waals surface area contributed by atoms with Crippen LogP contribution in [0.4, 0.5) is 10.5 Å². The Morgan fingerprint density at radius 1 is 1.22 bits per heavy atom. The van der Waals surface area contributed by atoms with Gasteiger partial charge < -0.3 is 20.5 Å². The molecule has 2 rings (SSSR count). The van der Waals surface area contributed by atoms with Crippen molar-refractivity contribution in [2.45, 2.75) is 12.6 Å². The number of methoxy groups -OCH3 is 1. The van der Waals surface area contributed by atoms with E-state index >= 15 is 0 Å². The third kappa shape index (κ3) is 4.96. The van der Waals surface area contributed by atoms with Crippen molar-refractivity contribution in [3.63, 3.8) is 0 Å². The van der Waals surface area contributed by atoms with Crippen LogP contribution in [0, 0.1) is 0 Å². The van der Waals surface area contributed by atoms with Gasteiger partial charge in [-0.2, -0.15) is 0 Å². The number of benzene rings is 2. The lowest BCUT2D eigenvalue weighted by atomic mass is 10.1. The average molecular weight is 335 g/mol.